The summed E-state index contributed by atoms with van der Waals surface area (Å²) in [5.41, 5.74) is 0.317. The van der Waals surface area contributed by atoms with Gasteiger partial charge in [-0.15, -0.1) is 0 Å². The number of nitriles is 1. The van der Waals surface area contributed by atoms with Crippen molar-refractivity contribution in [1.82, 2.24) is 15.6 Å². The largest absolute Gasteiger partial charge is 0.385 e. The van der Waals surface area contributed by atoms with Crippen LogP contribution in [0.15, 0.2) is 29.8 Å². The second kappa shape index (κ2) is 8.76. The molecule has 0 unspecified atom stereocenters. The van der Waals surface area contributed by atoms with Gasteiger partial charge in [0.15, 0.2) is 11.9 Å². The van der Waals surface area contributed by atoms with Crippen LogP contribution >= 0.6 is 11.6 Å². The molecule has 8 heteroatoms. The number of unbranched alkanes of at least 4 members (excludes halogenated alkanes) is 1. The van der Waals surface area contributed by atoms with E-state index < -0.39 is 10.6 Å². The smallest absolute Gasteiger partial charge is 0.369 e. The highest BCUT2D eigenvalue weighted by atomic mass is 35.5. The quantitative estimate of drug-likeness (QED) is 0.328. The fourth-order valence-electron chi connectivity index (χ4n) is 1.71. The van der Waals surface area contributed by atoms with E-state index in [1.54, 1.807) is 24.4 Å². The highest BCUT2D eigenvalue weighted by Gasteiger charge is 2.16. The van der Waals surface area contributed by atoms with Gasteiger partial charge in [0.2, 0.25) is 0 Å². The average molecular weight is 310 g/mol. The van der Waals surface area contributed by atoms with Gasteiger partial charge in [0.25, 0.3) is 0 Å². The lowest BCUT2D eigenvalue weighted by atomic mass is 10.2. The Labute approximate surface area is 127 Å². The molecular weight excluding hydrogens is 294 g/mol. The molecule has 0 amide bonds. The predicted molar refractivity (Wildman–Crippen MR) is 78.9 cm³/mol. The molecule has 1 rings (SSSR count). The maximum absolute atomic E-state index is 10.7. The van der Waals surface area contributed by atoms with Crippen molar-refractivity contribution in [2.75, 3.05) is 13.6 Å². The maximum atomic E-state index is 10.7. The summed E-state index contributed by atoms with van der Waals surface area (Å²) >= 11 is 6.00. The molecule has 0 aliphatic rings. The van der Waals surface area contributed by atoms with E-state index in [0.717, 1.165) is 25.0 Å². The summed E-state index contributed by atoms with van der Waals surface area (Å²) in [6.07, 6.45) is 4.04. The van der Waals surface area contributed by atoms with Crippen molar-refractivity contribution in [3.05, 3.63) is 50.7 Å². The lowest BCUT2D eigenvalue weighted by Crippen LogP contribution is -2.28. The van der Waals surface area contributed by atoms with Gasteiger partial charge < -0.3 is 10.6 Å². The molecule has 21 heavy (non-hydrogen) atoms. The van der Waals surface area contributed by atoms with Crippen LogP contribution in [0.5, 0.6) is 0 Å². The van der Waals surface area contributed by atoms with Gasteiger partial charge in [0, 0.05) is 19.8 Å². The molecule has 2 N–H and O–H groups in total. The van der Waals surface area contributed by atoms with Crippen LogP contribution in [0.4, 0.5) is 0 Å². The van der Waals surface area contributed by atoms with Gasteiger partial charge in [-0.25, -0.2) is 0 Å². The zero-order chi connectivity index (χ0) is 15.7. The maximum Gasteiger partial charge on any atom is 0.385 e. The van der Waals surface area contributed by atoms with Crippen LogP contribution in [0.1, 0.15) is 18.5 Å². The van der Waals surface area contributed by atoms with Crippen LogP contribution in [-0.2, 0) is 6.42 Å². The van der Waals surface area contributed by atoms with Crippen molar-refractivity contribution in [3.63, 3.8) is 0 Å². The first-order valence-corrected chi connectivity index (χ1v) is 6.77. The Morgan fingerprint density at radius 2 is 2.33 bits per heavy atom. The van der Waals surface area contributed by atoms with Crippen molar-refractivity contribution in [1.29, 1.82) is 5.26 Å². The highest BCUT2D eigenvalue weighted by molar-refractivity contribution is 6.31. The van der Waals surface area contributed by atoms with E-state index >= 15 is 0 Å². The number of aromatic nitrogens is 1. The fraction of sp³-hybridized carbons (Fsp3) is 0.385. The number of hydrogen-bond donors (Lipinski definition) is 2. The van der Waals surface area contributed by atoms with Gasteiger partial charge in [-0.2, -0.15) is 5.26 Å². The molecule has 1 heterocycles. The summed E-state index contributed by atoms with van der Waals surface area (Å²) in [6, 6.07) is 5.12. The minimum absolute atomic E-state index is 0.123. The van der Waals surface area contributed by atoms with Crippen molar-refractivity contribution in [2.45, 2.75) is 19.3 Å². The molecule has 1 aromatic rings. The molecule has 0 saturated carbocycles. The van der Waals surface area contributed by atoms with Gasteiger partial charge in [-0.1, -0.05) is 11.6 Å². The lowest BCUT2D eigenvalue weighted by Gasteiger charge is -2.09. The summed E-state index contributed by atoms with van der Waals surface area (Å²) < 4.78 is 0. The molecular formula is C13H16ClN5O2. The summed E-state index contributed by atoms with van der Waals surface area (Å²) in [6.45, 7) is 0.514. The Morgan fingerprint density at radius 3 is 2.90 bits per heavy atom. The SMILES string of the molecule is CNC(NCCCCc1ncccc1Cl)=C(C#N)[N+](=O)[O-]. The molecule has 112 valence electrons. The molecule has 1 aromatic heterocycles. The van der Waals surface area contributed by atoms with Crippen LogP contribution in [0, 0.1) is 21.4 Å². The summed E-state index contributed by atoms with van der Waals surface area (Å²) in [7, 11) is 1.52. The number of nitrogens with zero attached hydrogens (tertiary/aromatic N) is 3. The van der Waals surface area contributed by atoms with Crippen LogP contribution in [-0.4, -0.2) is 23.5 Å². The van der Waals surface area contributed by atoms with Gasteiger partial charge >= 0.3 is 5.70 Å². The number of pyridine rings is 1. The Morgan fingerprint density at radius 1 is 1.57 bits per heavy atom. The van der Waals surface area contributed by atoms with E-state index in [4.69, 9.17) is 16.9 Å². The average Bonchev–Trinajstić information content (AvgIpc) is 2.47. The van der Waals surface area contributed by atoms with Gasteiger partial charge in [-0.05, 0) is 31.4 Å². The normalized spacial score (nSPS) is 11.3. The van der Waals surface area contributed by atoms with Gasteiger partial charge in [0.1, 0.15) is 0 Å². The third-order valence-electron chi connectivity index (χ3n) is 2.75. The Bertz CT molecular complexity index is 568. The monoisotopic (exact) mass is 309 g/mol. The molecule has 0 saturated heterocycles. The molecule has 0 fully saturated rings. The van der Waals surface area contributed by atoms with E-state index in [0.29, 0.717) is 11.6 Å². The molecule has 0 bridgehead atoms. The van der Waals surface area contributed by atoms with E-state index in [9.17, 15) is 10.1 Å². The number of allylic oxidation sites excluding steroid dienone is 1. The molecule has 0 radical (unpaired) electrons. The Hall–Kier alpha value is -2.33. The molecule has 7 nitrogen and oxygen atoms in total. The first kappa shape index (κ1) is 16.7. The van der Waals surface area contributed by atoms with Crippen molar-refractivity contribution >= 4 is 11.6 Å². The lowest BCUT2D eigenvalue weighted by molar-refractivity contribution is -0.419. The number of halogens is 1. The zero-order valence-electron chi connectivity index (χ0n) is 11.6. The van der Waals surface area contributed by atoms with Crippen LogP contribution in [0.25, 0.3) is 0 Å². The molecule has 0 atom stereocenters. The van der Waals surface area contributed by atoms with E-state index in [2.05, 4.69) is 15.6 Å². The second-order valence-corrected chi connectivity index (χ2v) is 4.57. The van der Waals surface area contributed by atoms with Crippen molar-refractivity contribution in [3.8, 4) is 6.07 Å². The molecule has 0 aliphatic heterocycles. The van der Waals surface area contributed by atoms with Crippen molar-refractivity contribution < 1.29 is 4.92 Å². The number of hydrogen-bond acceptors (Lipinski definition) is 6. The van der Waals surface area contributed by atoms with E-state index in [1.807, 2.05) is 0 Å². The highest BCUT2D eigenvalue weighted by Crippen LogP contribution is 2.14. The standard InChI is InChI=1S/C13H16ClN5O2/c1-16-13(12(9-15)19(20)21)18-7-3-2-6-11-10(14)5-4-8-17-11/h4-5,8,16,18H,2-3,6-7H2,1H3. The summed E-state index contributed by atoms with van der Waals surface area (Å²) in [5, 5.41) is 25.5. The molecule has 0 spiro atoms. The van der Waals surface area contributed by atoms with Gasteiger partial charge in [-0.3, -0.25) is 15.1 Å². The van der Waals surface area contributed by atoms with Crippen molar-refractivity contribution in [2.24, 2.45) is 0 Å². The third-order valence-corrected chi connectivity index (χ3v) is 3.10. The predicted octanol–water partition coefficient (Wildman–Crippen LogP) is 1.84. The topological polar surface area (TPSA) is 104 Å². The minimum atomic E-state index is -0.716. The number of nitrogens with one attached hydrogen (secondary N) is 2. The Balaban J connectivity index is 2.42. The van der Waals surface area contributed by atoms with Gasteiger partial charge in [0.05, 0.1) is 15.6 Å². The first-order chi connectivity index (χ1) is 10.1. The zero-order valence-corrected chi connectivity index (χ0v) is 12.4. The minimum Gasteiger partial charge on any atom is -0.369 e. The number of rotatable bonds is 8. The fourth-order valence-corrected chi connectivity index (χ4v) is 1.93. The van der Waals surface area contributed by atoms with E-state index in [1.165, 1.54) is 7.05 Å². The summed E-state index contributed by atoms with van der Waals surface area (Å²) in [4.78, 5) is 14.1. The first-order valence-electron chi connectivity index (χ1n) is 6.40. The van der Waals surface area contributed by atoms with Crippen LogP contribution < -0.4 is 10.6 Å². The van der Waals surface area contributed by atoms with E-state index in [-0.39, 0.29) is 5.82 Å². The molecule has 0 aliphatic carbocycles. The third kappa shape index (κ3) is 5.28. The summed E-state index contributed by atoms with van der Waals surface area (Å²) in [5.74, 6) is 0.123. The number of nitro groups is 1. The Kier molecular flexibility index (Phi) is 6.98. The van der Waals surface area contributed by atoms with Crippen LogP contribution in [0.2, 0.25) is 5.02 Å². The molecule has 0 aromatic carbocycles. The van der Waals surface area contributed by atoms with Crippen LogP contribution in [0.3, 0.4) is 0 Å². The number of aryl methyl sites for hydroxylation is 1. The second-order valence-electron chi connectivity index (χ2n) is 4.16.